The van der Waals surface area contributed by atoms with Crippen LogP contribution >= 0.6 is 0 Å². The van der Waals surface area contributed by atoms with E-state index in [1.807, 2.05) is 0 Å². The van der Waals surface area contributed by atoms with Crippen LogP contribution in [0.4, 0.5) is 0 Å². The third-order valence-corrected chi connectivity index (χ3v) is 4.96. The van der Waals surface area contributed by atoms with Gasteiger partial charge in [-0.15, -0.1) is 0 Å². The number of ether oxygens (including phenoxy) is 1. The molecular weight excluding hydrogens is 288 g/mol. The van der Waals surface area contributed by atoms with Gasteiger partial charge < -0.3 is 10.1 Å². The van der Waals surface area contributed by atoms with E-state index in [0.29, 0.717) is 6.04 Å². The molecule has 0 aliphatic carbocycles. The molecule has 1 aliphatic heterocycles. The van der Waals surface area contributed by atoms with E-state index in [-0.39, 0.29) is 17.0 Å². The molecule has 21 heavy (non-hydrogen) atoms. The summed E-state index contributed by atoms with van der Waals surface area (Å²) in [6.07, 6.45) is 3.51. The van der Waals surface area contributed by atoms with Crippen LogP contribution in [0.3, 0.4) is 0 Å². The van der Waals surface area contributed by atoms with Crippen LogP contribution in [0, 0.1) is 0 Å². The zero-order chi connectivity index (χ0) is 15.5. The zero-order valence-corrected chi connectivity index (χ0v) is 13.4. The van der Waals surface area contributed by atoms with Crippen molar-refractivity contribution in [3.63, 3.8) is 0 Å². The summed E-state index contributed by atoms with van der Waals surface area (Å²) in [5, 5.41) is 8.69. The van der Waals surface area contributed by atoms with Crippen LogP contribution in [0.15, 0.2) is 29.2 Å². The lowest BCUT2D eigenvalue weighted by Gasteiger charge is -2.27. The first-order valence-corrected chi connectivity index (χ1v) is 8.97. The molecule has 118 valence electrons. The lowest BCUT2D eigenvalue weighted by Crippen LogP contribution is -2.40. The van der Waals surface area contributed by atoms with Gasteiger partial charge in [-0.2, -0.15) is 0 Å². The molecule has 1 aromatic carbocycles. The summed E-state index contributed by atoms with van der Waals surface area (Å²) < 4.78 is 28.3. The molecule has 1 aliphatic rings. The SMILES string of the molecule is CC[C@H](N[C@H](C)c1ccc(S(N)(=O)=O)cc1)[C@H]1CCCO1. The van der Waals surface area contributed by atoms with Gasteiger partial charge in [0.05, 0.1) is 11.0 Å². The van der Waals surface area contributed by atoms with E-state index in [1.54, 1.807) is 24.3 Å². The van der Waals surface area contributed by atoms with E-state index in [0.717, 1.165) is 31.4 Å². The van der Waals surface area contributed by atoms with Gasteiger partial charge in [0.15, 0.2) is 0 Å². The molecule has 0 aromatic heterocycles. The van der Waals surface area contributed by atoms with Gasteiger partial charge in [-0.3, -0.25) is 0 Å². The maximum Gasteiger partial charge on any atom is 0.238 e. The normalized spacial score (nSPS) is 22.1. The molecule has 1 saturated heterocycles. The minimum atomic E-state index is -3.63. The Hall–Kier alpha value is -0.950. The molecule has 0 unspecified atom stereocenters. The Kier molecular flexibility index (Phi) is 5.37. The van der Waals surface area contributed by atoms with Crippen LogP contribution in [0.2, 0.25) is 0 Å². The van der Waals surface area contributed by atoms with Gasteiger partial charge in [0.1, 0.15) is 0 Å². The molecule has 5 nitrogen and oxygen atoms in total. The third-order valence-electron chi connectivity index (χ3n) is 4.03. The fourth-order valence-electron chi connectivity index (χ4n) is 2.77. The van der Waals surface area contributed by atoms with Crippen LogP contribution in [0.25, 0.3) is 0 Å². The summed E-state index contributed by atoms with van der Waals surface area (Å²) in [5.74, 6) is 0. The van der Waals surface area contributed by atoms with E-state index < -0.39 is 10.0 Å². The van der Waals surface area contributed by atoms with Gasteiger partial charge in [0, 0.05) is 18.7 Å². The van der Waals surface area contributed by atoms with Gasteiger partial charge in [0.2, 0.25) is 10.0 Å². The van der Waals surface area contributed by atoms with Crippen molar-refractivity contribution in [3.05, 3.63) is 29.8 Å². The Labute approximate surface area is 126 Å². The summed E-state index contributed by atoms with van der Waals surface area (Å²) in [5.41, 5.74) is 1.04. The zero-order valence-electron chi connectivity index (χ0n) is 12.6. The predicted octanol–water partition coefficient (Wildman–Crippen LogP) is 1.94. The molecule has 0 bridgehead atoms. The average molecular weight is 312 g/mol. The smallest absolute Gasteiger partial charge is 0.238 e. The monoisotopic (exact) mass is 312 g/mol. The molecule has 0 spiro atoms. The summed E-state index contributed by atoms with van der Waals surface area (Å²) in [7, 11) is -3.63. The number of primary sulfonamides is 1. The molecule has 3 N–H and O–H groups in total. The molecular formula is C15H24N2O3S. The Morgan fingerprint density at radius 3 is 2.52 bits per heavy atom. The van der Waals surface area contributed by atoms with Crippen molar-refractivity contribution in [2.24, 2.45) is 5.14 Å². The van der Waals surface area contributed by atoms with E-state index in [1.165, 1.54) is 0 Å². The highest BCUT2D eigenvalue weighted by Gasteiger charge is 2.25. The second-order valence-corrected chi connectivity index (χ2v) is 7.13. The van der Waals surface area contributed by atoms with Crippen LogP contribution in [0.1, 0.15) is 44.7 Å². The van der Waals surface area contributed by atoms with Gasteiger partial charge in [-0.1, -0.05) is 19.1 Å². The molecule has 3 atom stereocenters. The molecule has 0 saturated carbocycles. The van der Waals surface area contributed by atoms with Gasteiger partial charge >= 0.3 is 0 Å². The van der Waals surface area contributed by atoms with E-state index in [4.69, 9.17) is 9.88 Å². The fraction of sp³-hybridized carbons (Fsp3) is 0.600. The van der Waals surface area contributed by atoms with Crippen LogP contribution < -0.4 is 10.5 Å². The van der Waals surface area contributed by atoms with Crippen molar-refractivity contribution in [3.8, 4) is 0 Å². The van der Waals surface area contributed by atoms with Gasteiger partial charge in [-0.25, -0.2) is 13.6 Å². The number of nitrogens with two attached hydrogens (primary N) is 1. The molecule has 1 heterocycles. The maximum absolute atomic E-state index is 11.3. The molecule has 0 amide bonds. The first kappa shape index (κ1) is 16.4. The maximum atomic E-state index is 11.3. The van der Waals surface area contributed by atoms with E-state index >= 15 is 0 Å². The summed E-state index contributed by atoms with van der Waals surface area (Å²) in [6, 6.07) is 7.17. The molecule has 1 aromatic rings. The fourth-order valence-corrected chi connectivity index (χ4v) is 3.29. The second kappa shape index (κ2) is 6.87. The Morgan fingerprint density at radius 2 is 2.05 bits per heavy atom. The highest BCUT2D eigenvalue weighted by atomic mass is 32.2. The Balaban J connectivity index is 2.03. The highest BCUT2D eigenvalue weighted by Crippen LogP contribution is 2.22. The topological polar surface area (TPSA) is 81.4 Å². The number of rotatable bonds is 6. The standard InChI is InChI=1S/C15H24N2O3S/c1-3-14(15-5-4-10-20-15)17-11(2)12-6-8-13(9-7-12)21(16,18)19/h6-9,11,14-15,17H,3-5,10H2,1-2H3,(H2,16,18,19)/t11-,14+,15-/m1/s1. The van der Waals surface area contributed by atoms with Crippen molar-refractivity contribution >= 4 is 10.0 Å². The predicted molar refractivity (Wildman–Crippen MR) is 82.4 cm³/mol. The number of hydrogen-bond donors (Lipinski definition) is 2. The minimum absolute atomic E-state index is 0.133. The Bertz CT molecular complexity index is 551. The van der Waals surface area contributed by atoms with Gasteiger partial charge in [0.25, 0.3) is 0 Å². The van der Waals surface area contributed by atoms with Crippen LogP contribution in [0.5, 0.6) is 0 Å². The lowest BCUT2D eigenvalue weighted by atomic mass is 10.0. The van der Waals surface area contributed by atoms with Crippen molar-refractivity contribution in [2.75, 3.05) is 6.61 Å². The highest BCUT2D eigenvalue weighted by molar-refractivity contribution is 7.89. The number of nitrogens with one attached hydrogen (secondary N) is 1. The van der Waals surface area contributed by atoms with Crippen molar-refractivity contribution in [1.82, 2.24) is 5.32 Å². The number of benzene rings is 1. The summed E-state index contributed by atoms with van der Waals surface area (Å²) in [4.78, 5) is 0.143. The first-order valence-electron chi connectivity index (χ1n) is 7.42. The van der Waals surface area contributed by atoms with E-state index in [2.05, 4.69) is 19.2 Å². The van der Waals surface area contributed by atoms with E-state index in [9.17, 15) is 8.42 Å². The second-order valence-electron chi connectivity index (χ2n) is 5.57. The minimum Gasteiger partial charge on any atom is -0.377 e. The first-order chi connectivity index (χ1) is 9.91. The van der Waals surface area contributed by atoms with Crippen molar-refractivity contribution < 1.29 is 13.2 Å². The summed E-state index contributed by atoms with van der Waals surface area (Å²) in [6.45, 7) is 5.07. The molecule has 6 heteroatoms. The third kappa shape index (κ3) is 4.26. The molecule has 2 rings (SSSR count). The van der Waals surface area contributed by atoms with Gasteiger partial charge in [-0.05, 0) is 43.9 Å². The largest absolute Gasteiger partial charge is 0.377 e. The molecule has 0 radical (unpaired) electrons. The van der Waals surface area contributed by atoms with Crippen LogP contribution in [-0.2, 0) is 14.8 Å². The quantitative estimate of drug-likeness (QED) is 0.841. The Morgan fingerprint density at radius 1 is 1.38 bits per heavy atom. The average Bonchev–Trinajstić information content (AvgIpc) is 2.97. The summed E-state index contributed by atoms with van der Waals surface area (Å²) >= 11 is 0. The molecule has 1 fully saturated rings. The lowest BCUT2D eigenvalue weighted by molar-refractivity contribution is 0.0735. The number of hydrogen-bond acceptors (Lipinski definition) is 4. The van der Waals surface area contributed by atoms with Crippen LogP contribution in [-0.4, -0.2) is 27.2 Å². The van der Waals surface area contributed by atoms with Crippen molar-refractivity contribution in [2.45, 2.75) is 56.2 Å². The van der Waals surface area contributed by atoms with Crippen molar-refractivity contribution in [1.29, 1.82) is 0 Å². The number of sulfonamides is 1.